The molecule has 1 N–H and O–H groups in total. The number of nitrogens with zero attached hydrogens (tertiary/aromatic N) is 4. The number of fused-ring (bicyclic) bond motifs is 2. The minimum atomic E-state index is 0. The normalized spacial score (nSPS) is 33.1. The van der Waals surface area contributed by atoms with Crippen molar-refractivity contribution in [3.63, 3.8) is 0 Å². The highest BCUT2D eigenvalue weighted by Gasteiger charge is 2.65. The number of piperazine rings is 1. The lowest BCUT2D eigenvalue weighted by Gasteiger charge is -2.57. The summed E-state index contributed by atoms with van der Waals surface area (Å²) in [5.74, 6) is 1.92. The van der Waals surface area contributed by atoms with Crippen LogP contribution in [-0.2, 0) is 14.3 Å². The van der Waals surface area contributed by atoms with Gasteiger partial charge in [0.25, 0.3) is 0 Å². The Labute approximate surface area is 203 Å². The molecule has 176 valence electrons. The fourth-order valence-electron chi connectivity index (χ4n) is 6.56. The van der Waals surface area contributed by atoms with Gasteiger partial charge in [-0.2, -0.15) is 0 Å². The maximum atomic E-state index is 12.5. The minimum Gasteiger partial charge on any atom is -0.378 e. The SMILES string of the molecule is CN=C(NC1C2CCOC2C12CCCC2)N1CCN(CC(=O)N2CCOCC2)CC1.I. The Morgan fingerprint density at radius 2 is 1.74 bits per heavy atom. The maximum absolute atomic E-state index is 12.5. The van der Waals surface area contributed by atoms with Crippen molar-refractivity contribution in [1.82, 2.24) is 20.0 Å². The van der Waals surface area contributed by atoms with E-state index in [1.807, 2.05) is 11.9 Å². The number of hydrogen-bond acceptors (Lipinski definition) is 5. The molecule has 1 amide bonds. The summed E-state index contributed by atoms with van der Waals surface area (Å²) in [6, 6.07) is 0.507. The second kappa shape index (κ2) is 10.1. The maximum Gasteiger partial charge on any atom is 0.236 e. The lowest BCUT2D eigenvalue weighted by Crippen LogP contribution is -2.70. The zero-order chi connectivity index (χ0) is 20.6. The first-order valence-electron chi connectivity index (χ1n) is 11.9. The molecule has 31 heavy (non-hydrogen) atoms. The molecule has 3 atom stereocenters. The van der Waals surface area contributed by atoms with Crippen molar-refractivity contribution in [3.8, 4) is 0 Å². The molecule has 3 unspecified atom stereocenters. The second-order valence-corrected chi connectivity index (χ2v) is 9.61. The molecule has 0 aromatic rings. The molecule has 0 radical (unpaired) electrons. The summed E-state index contributed by atoms with van der Waals surface area (Å²) < 4.78 is 11.5. The molecule has 0 aromatic carbocycles. The zero-order valence-corrected chi connectivity index (χ0v) is 21.1. The molecule has 5 fully saturated rings. The van der Waals surface area contributed by atoms with Crippen LogP contribution in [0.25, 0.3) is 0 Å². The largest absolute Gasteiger partial charge is 0.378 e. The van der Waals surface area contributed by atoms with Crippen LogP contribution in [-0.4, -0.2) is 111 Å². The van der Waals surface area contributed by atoms with Crippen LogP contribution in [0.2, 0.25) is 0 Å². The topological polar surface area (TPSA) is 69.6 Å². The van der Waals surface area contributed by atoms with E-state index in [0.29, 0.717) is 43.2 Å². The van der Waals surface area contributed by atoms with E-state index in [1.165, 1.54) is 32.1 Å². The smallest absolute Gasteiger partial charge is 0.236 e. The van der Waals surface area contributed by atoms with Gasteiger partial charge in [-0.3, -0.25) is 14.7 Å². The van der Waals surface area contributed by atoms with Gasteiger partial charge in [0.15, 0.2) is 5.96 Å². The lowest BCUT2D eigenvalue weighted by molar-refractivity contribution is -0.136. The fraction of sp³-hybridized carbons (Fsp3) is 0.909. The summed E-state index contributed by atoms with van der Waals surface area (Å²) in [6.45, 7) is 7.86. The van der Waals surface area contributed by atoms with Crippen LogP contribution in [0.15, 0.2) is 4.99 Å². The van der Waals surface area contributed by atoms with Gasteiger partial charge < -0.3 is 24.6 Å². The zero-order valence-electron chi connectivity index (χ0n) is 18.8. The van der Waals surface area contributed by atoms with Gasteiger partial charge in [0.05, 0.1) is 25.9 Å². The fourth-order valence-corrected chi connectivity index (χ4v) is 6.56. The average molecular weight is 547 g/mol. The number of aliphatic imine (C=N–C) groups is 1. The number of nitrogens with one attached hydrogen (secondary N) is 1. The number of ether oxygens (including phenoxy) is 2. The number of rotatable bonds is 3. The van der Waals surface area contributed by atoms with Crippen molar-refractivity contribution in [2.45, 2.75) is 44.2 Å². The van der Waals surface area contributed by atoms with E-state index in [2.05, 4.69) is 20.1 Å². The third-order valence-corrected chi connectivity index (χ3v) is 8.18. The van der Waals surface area contributed by atoms with Gasteiger partial charge in [-0.05, 0) is 19.3 Å². The van der Waals surface area contributed by atoms with E-state index in [0.717, 1.165) is 51.8 Å². The highest BCUT2D eigenvalue weighted by atomic mass is 127. The number of carbonyl (C=O) groups is 1. The Morgan fingerprint density at radius 3 is 2.42 bits per heavy atom. The number of amides is 1. The first-order valence-corrected chi connectivity index (χ1v) is 11.9. The molecule has 8 nitrogen and oxygen atoms in total. The Bertz CT molecular complexity index is 658. The van der Waals surface area contributed by atoms with Crippen molar-refractivity contribution in [2.24, 2.45) is 16.3 Å². The van der Waals surface area contributed by atoms with E-state index in [4.69, 9.17) is 9.47 Å². The molecule has 3 saturated heterocycles. The van der Waals surface area contributed by atoms with Gasteiger partial charge >= 0.3 is 0 Å². The molecule has 9 heteroatoms. The summed E-state index contributed by atoms with van der Waals surface area (Å²) in [7, 11) is 1.90. The standard InChI is InChI=1S/C22H37N5O3.HI/c1-23-21(24-19-17-4-13-30-20(17)22(19)5-2-3-6-22)27-9-7-25(8-10-27)16-18(28)26-11-14-29-15-12-26;/h17,19-20H,2-16H2,1H3,(H,23,24);1H. The predicted molar refractivity (Wildman–Crippen MR) is 130 cm³/mol. The summed E-state index contributed by atoms with van der Waals surface area (Å²) in [6.07, 6.45) is 6.90. The third kappa shape index (κ3) is 4.44. The van der Waals surface area contributed by atoms with E-state index < -0.39 is 0 Å². The van der Waals surface area contributed by atoms with E-state index >= 15 is 0 Å². The number of halogens is 1. The van der Waals surface area contributed by atoms with Crippen LogP contribution >= 0.6 is 24.0 Å². The predicted octanol–water partition coefficient (Wildman–Crippen LogP) is 1.00. The van der Waals surface area contributed by atoms with Crippen molar-refractivity contribution in [3.05, 3.63) is 0 Å². The van der Waals surface area contributed by atoms with Crippen LogP contribution in [0.4, 0.5) is 0 Å². The summed E-state index contributed by atoms with van der Waals surface area (Å²) in [5.41, 5.74) is 0.337. The van der Waals surface area contributed by atoms with Gasteiger partial charge in [0, 0.05) is 70.3 Å². The molecular formula is C22H38IN5O3. The Balaban J connectivity index is 0.00000231. The monoisotopic (exact) mass is 547 g/mol. The van der Waals surface area contributed by atoms with Crippen LogP contribution in [0.1, 0.15) is 32.1 Å². The first-order chi connectivity index (χ1) is 14.7. The van der Waals surface area contributed by atoms with Gasteiger partial charge in [-0.25, -0.2) is 0 Å². The van der Waals surface area contributed by atoms with Crippen LogP contribution < -0.4 is 5.32 Å². The van der Waals surface area contributed by atoms with Crippen LogP contribution in [0.3, 0.4) is 0 Å². The third-order valence-electron chi connectivity index (χ3n) is 8.18. The number of carbonyl (C=O) groups excluding carboxylic acids is 1. The van der Waals surface area contributed by atoms with Crippen molar-refractivity contribution >= 4 is 35.8 Å². The molecule has 3 aliphatic heterocycles. The van der Waals surface area contributed by atoms with Gasteiger partial charge in [-0.1, -0.05) is 12.8 Å². The van der Waals surface area contributed by atoms with Crippen molar-refractivity contribution in [2.75, 3.05) is 72.7 Å². The molecule has 0 aromatic heterocycles. The number of morpholine rings is 1. The Morgan fingerprint density at radius 1 is 1.03 bits per heavy atom. The second-order valence-electron chi connectivity index (χ2n) is 9.61. The van der Waals surface area contributed by atoms with Crippen LogP contribution in [0.5, 0.6) is 0 Å². The Hall–Kier alpha value is -0.650. The van der Waals surface area contributed by atoms with Crippen molar-refractivity contribution in [1.29, 1.82) is 0 Å². The van der Waals surface area contributed by atoms with Gasteiger partial charge in [0.1, 0.15) is 0 Å². The first kappa shape index (κ1) is 23.5. The molecule has 2 saturated carbocycles. The quantitative estimate of drug-likeness (QED) is 0.323. The molecule has 5 aliphatic rings. The van der Waals surface area contributed by atoms with Gasteiger partial charge in [0.2, 0.25) is 5.91 Å². The molecule has 2 aliphatic carbocycles. The Kier molecular flexibility index (Phi) is 7.65. The summed E-state index contributed by atoms with van der Waals surface area (Å²) in [5, 5.41) is 3.87. The van der Waals surface area contributed by atoms with Gasteiger partial charge in [-0.15, -0.1) is 24.0 Å². The summed E-state index contributed by atoms with van der Waals surface area (Å²) in [4.78, 5) is 23.8. The molecule has 1 spiro atoms. The highest BCUT2D eigenvalue weighted by Crippen LogP contribution is 2.60. The number of guanidine groups is 1. The molecule has 5 rings (SSSR count). The van der Waals surface area contributed by atoms with E-state index in [1.54, 1.807) is 0 Å². The van der Waals surface area contributed by atoms with E-state index in [9.17, 15) is 4.79 Å². The average Bonchev–Trinajstić information content (AvgIpc) is 3.45. The lowest BCUT2D eigenvalue weighted by atomic mass is 9.54. The minimum absolute atomic E-state index is 0. The van der Waals surface area contributed by atoms with Crippen LogP contribution in [0, 0.1) is 11.3 Å². The molecule has 0 bridgehead atoms. The summed E-state index contributed by atoms with van der Waals surface area (Å²) >= 11 is 0. The number of hydrogen-bond donors (Lipinski definition) is 1. The molecule has 3 heterocycles. The molecular weight excluding hydrogens is 509 g/mol. The highest BCUT2D eigenvalue weighted by molar-refractivity contribution is 14.0. The van der Waals surface area contributed by atoms with Crippen molar-refractivity contribution < 1.29 is 14.3 Å². The van der Waals surface area contributed by atoms with E-state index in [-0.39, 0.29) is 29.9 Å².